The quantitative estimate of drug-likeness (QED) is 0.352. The molecule has 1 saturated heterocycles. The first kappa shape index (κ1) is 27.7. The molecular weight excluding hydrogens is 422 g/mol. The van der Waals surface area contributed by atoms with E-state index in [2.05, 4.69) is 0 Å². The van der Waals surface area contributed by atoms with E-state index in [1.54, 1.807) is 5.06 Å². The Labute approximate surface area is 189 Å². The zero-order chi connectivity index (χ0) is 24.5. The van der Waals surface area contributed by atoms with Crippen LogP contribution in [0.1, 0.15) is 87.0 Å². The van der Waals surface area contributed by atoms with Crippen molar-refractivity contribution in [3.63, 3.8) is 0 Å². The van der Waals surface area contributed by atoms with Crippen molar-refractivity contribution in [2.75, 3.05) is 6.79 Å². The predicted molar refractivity (Wildman–Crippen MR) is 113 cm³/mol. The molecule has 0 spiro atoms. The van der Waals surface area contributed by atoms with E-state index >= 15 is 0 Å². The summed E-state index contributed by atoms with van der Waals surface area (Å²) in [5.41, 5.74) is -1.28. The number of ether oxygens (including phenoxy) is 4. The summed E-state index contributed by atoms with van der Waals surface area (Å²) >= 11 is 0. The number of carbonyl (C=O) groups excluding carboxylic acids is 4. The van der Waals surface area contributed by atoms with Gasteiger partial charge in [0.05, 0.1) is 17.0 Å². The van der Waals surface area contributed by atoms with E-state index in [0.29, 0.717) is 38.5 Å². The van der Waals surface area contributed by atoms with E-state index in [4.69, 9.17) is 23.8 Å². The molecule has 0 radical (unpaired) electrons. The third-order valence-electron chi connectivity index (χ3n) is 6.30. The summed E-state index contributed by atoms with van der Waals surface area (Å²) in [7, 11) is 0. The maximum Gasteiger partial charge on any atom is 0.531 e. The Kier molecular flexibility index (Phi) is 10.4. The molecule has 10 heteroatoms. The van der Waals surface area contributed by atoms with Gasteiger partial charge in [-0.15, -0.1) is 5.06 Å². The number of hydroxylamine groups is 2. The predicted octanol–water partition coefficient (Wildman–Crippen LogP) is 3.86. The maximum absolute atomic E-state index is 12.8. The molecule has 10 nitrogen and oxygen atoms in total. The number of esters is 3. The van der Waals surface area contributed by atoms with E-state index in [1.165, 1.54) is 20.8 Å². The second-order valence-electron chi connectivity index (χ2n) is 8.12. The lowest BCUT2D eigenvalue weighted by atomic mass is 9.68. The van der Waals surface area contributed by atoms with Gasteiger partial charge in [-0.05, 0) is 38.5 Å². The molecule has 1 atom stereocenters. The molecule has 184 valence electrons. The smallest absolute Gasteiger partial charge is 0.428 e. The van der Waals surface area contributed by atoms with Crippen LogP contribution >= 0.6 is 0 Å². The molecule has 32 heavy (non-hydrogen) atoms. The van der Waals surface area contributed by atoms with Crippen LogP contribution in [0.25, 0.3) is 0 Å². The topological polar surface area (TPSA) is 118 Å². The summed E-state index contributed by atoms with van der Waals surface area (Å²) in [6.07, 6.45) is 1.13. The third-order valence-corrected chi connectivity index (χ3v) is 6.30. The van der Waals surface area contributed by atoms with Crippen molar-refractivity contribution in [2.45, 2.75) is 104 Å². The molecule has 0 bridgehead atoms. The Morgan fingerprint density at radius 2 is 1.34 bits per heavy atom. The van der Waals surface area contributed by atoms with Gasteiger partial charge in [-0.25, -0.2) is 4.79 Å². The van der Waals surface area contributed by atoms with Crippen LogP contribution in [0.3, 0.4) is 0 Å². The number of rotatable bonds is 10. The highest BCUT2D eigenvalue weighted by Gasteiger charge is 2.56. The Balaban J connectivity index is 3.14. The van der Waals surface area contributed by atoms with Crippen molar-refractivity contribution in [2.24, 2.45) is 5.92 Å². The van der Waals surface area contributed by atoms with Crippen molar-refractivity contribution in [1.82, 2.24) is 5.06 Å². The monoisotopic (exact) mass is 459 g/mol. The van der Waals surface area contributed by atoms with Crippen molar-refractivity contribution in [3.8, 4) is 0 Å². The van der Waals surface area contributed by atoms with Gasteiger partial charge in [0.15, 0.2) is 0 Å². The van der Waals surface area contributed by atoms with Crippen molar-refractivity contribution >= 4 is 24.1 Å². The SMILES string of the molecule is CCC1(CC)CC(C(=O)OCOC(C)=O)CC(CC)(CC)N1OC(=O)OC(C)OC(C)=O. The van der Waals surface area contributed by atoms with Crippen molar-refractivity contribution in [3.05, 3.63) is 0 Å². The van der Waals surface area contributed by atoms with Crippen LogP contribution in [0.4, 0.5) is 4.79 Å². The zero-order valence-electron chi connectivity index (χ0n) is 20.2. The molecule has 1 unspecified atom stereocenters. The van der Waals surface area contributed by atoms with E-state index < -0.39 is 54.1 Å². The Morgan fingerprint density at radius 1 is 0.844 bits per heavy atom. The van der Waals surface area contributed by atoms with Crippen molar-refractivity contribution < 1.29 is 43.0 Å². The number of hydrogen-bond acceptors (Lipinski definition) is 10. The van der Waals surface area contributed by atoms with Crippen molar-refractivity contribution in [1.29, 1.82) is 0 Å². The molecule has 1 aliphatic heterocycles. The molecule has 1 fully saturated rings. The molecule has 0 aromatic rings. The van der Waals surface area contributed by atoms with Crippen LogP contribution in [-0.4, -0.2) is 53.3 Å². The highest BCUT2D eigenvalue weighted by atomic mass is 16.9. The van der Waals surface area contributed by atoms with Gasteiger partial charge in [-0.1, -0.05) is 27.7 Å². The first-order valence-corrected chi connectivity index (χ1v) is 11.1. The second kappa shape index (κ2) is 12.0. The largest absolute Gasteiger partial charge is 0.531 e. The molecule has 0 aromatic carbocycles. The molecule has 0 saturated carbocycles. The normalized spacial score (nSPS) is 18.8. The maximum atomic E-state index is 12.8. The molecule has 0 aromatic heterocycles. The van der Waals surface area contributed by atoms with Gasteiger partial charge in [0.25, 0.3) is 0 Å². The fraction of sp³-hybridized carbons (Fsp3) is 0.818. The fourth-order valence-corrected chi connectivity index (χ4v) is 4.45. The fourth-order valence-electron chi connectivity index (χ4n) is 4.45. The van der Waals surface area contributed by atoms with E-state index in [1.807, 2.05) is 27.7 Å². The highest BCUT2D eigenvalue weighted by molar-refractivity contribution is 5.73. The standard InChI is InChI=1S/C22H37NO9/c1-8-21(9-2)12-18(19(26)29-14-28-15(5)24)13-22(10-3,11-4)23(21)32-20(27)31-17(7)30-16(6)25/h17-18H,8-14H2,1-7H3. The first-order chi connectivity index (χ1) is 15.0. The van der Waals surface area contributed by atoms with Crippen LogP contribution < -0.4 is 0 Å². The van der Waals surface area contributed by atoms with Crippen LogP contribution in [0.5, 0.6) is 0 Å². The van der Waals surface area contributed by atoms with Crippen LogP contribution in [0.15, 0.2) is 0 Å². The molecule has 1 rings (SSSR count). The third kappa shape index (κ3) is 6.82. The minimum atomic E-state index is -1.09. The lowest BCUT2D eigenvalue weighted by Crippen LogP contribution is -2.66. The lowest BCUT2D eigenvalue weighted by molar-refractivity contribution is -0.287. The minimum Gasteiger partial charge on any atom is -0.428 e. The molecule has 1 aliphatic rings. The van der Waals surface area contributed by atoms with E-state index in [0.717, 1.165) is 0 Å². The van der Waals surface area contributed by atoms with E-state index in [-0.39, 0.29) is 0 Å². The summed E-state index contributed by atoms with van der Waals surface area (Å²) in [4.78, 5) is 53.1. The van der Waals surface area contributed by atoms with Gasteiger partial charge < -0.3 is 23.8 Å². The summed E-state index contributed by atoms with van der Waals surface area (Å²) < 4.78 is 19.9. The number of hydrogen-bond donors (Lipinski definition) is 0. The lowest BCUT2D eigenvalue weighted by Gasteiger charge is -2.56. The van der Waals surface area contributed by atoms with Gasteiger partial charge in [0.1, 0.15) is 0 Å². The van der Waals surface area contributed by atoms with Gasteiger partial charge in [0.2, 0.25) is 13.1 Å². The zero-order valence-corrected chi connectivity index (χ0v) is 20.2. The Hall–Kier alpha value is -2.36. The Bertz CT molecular complexity index is 648. The average Bonchev–Trinajstić information content (AvgIpc) is 2.72. The Morgan fingerprint density at radius 3 is 1.75 bits per heavy atom. The van der Waals surface area contributed by atoms with Gasteiger partial charge in [-0.2, -0.15) is 0 Å². The van der Waals surface area contributed by atoms with Crippen LogP contribution in [0.2, 0.25) is 0 Å². The van der Waals surface area contributed by atoms with Crippen LogP contribution in [0, 0.1) is 5.92 Å². The number of nitrogens with zero attached hydrogens (tertiary/aromatic N) is 1. The number of carbonyl (C=O) groups is 4. The second-order valence-corrected chi connectivity index (χ2v) is 8.12. The summed E-state index contributed by atoms with van der Waals surface area (Å²) in [5.74, 6) is -2.02. The van der Waals surface area contributed by atoms with Gasteiger partial charge in [-0.3, -0.25) is 14.4 Å². The summed E-state index contributed by atoms with van der Waals surface area (Å²) in [6, 6.07) is 0. The van der Waals surface area contributed by atoms with Gasteiger partial charge in [0, 0.05) is 20.8 Å². The van der Waals surface area contributed by atoms with Crippen LogP contribution in [-0.2, 0) is 38.2 Å². The molecule has 1 heterocycles. The summed E-state index contributed by atoms with van der Waals surface area (Å²) in [6.45, 7) is 11.3. The highest BCUT2D eigenvalue weighted by Crippen LogP contribution is 2.49. The molecule has 0 aliphatic carbocycles. The first-order valence-electron chi connectivity index (χ1n) is 11.1. The number of piperidine rings is 1. The molecule has 0 amide bonds. The average molecular weight is 460 g/mol. The summed E-state index contributed by atoms with van der Waals surface area (Å²) in [5, 5.41) is 1.69. The molecule has 0 N–H and O–H groups in total. The minimum absolute atomic E-state index is 0.396. The van der Waals surface area contributed by atoms with E-state index in [9.17, 15) is 19.2 Å². The van der Waals surface area contributed by atoms with Gasteiger partial charge >= 0.3 is 24.1 Å². The molecular formula is C22H37NO9.